The first kappa shape index (κ1) is 15.5. The van der Waals surface area contributed by atoms with Crippen molar-refractivity contribution in [2.45, 2.75) is 25.4 Å². The molecule has 0 radical (unpaired) electrons. The summed E-state index contributed by atoms with van der Waals surface area (Å²) in [7, 11) is 1.66. The topological polar surface area (TPSA) is 67.2 Å². The summed E-state index contributed by atoms with van der Waals surface area (Å²) in [5.74, 6) is -0.910. The van der Waals surface area contributed by atoms with E-state index >= 15 is 0 Å². The highest BCUT2D eigenvalue weighted by Crippen LogP contribution is 2.26. The molecule has 0 bridgehead atoms. The summed E-state index contributed by atoms with van der Waals surface area (Å²) < 4.78 is 1.72. The van der Waals surface area contributed by atoms with Gasteiger partial charge < -0.3 is 10.4 Å². The van der Waals surface area contributed by atoms with Gasteiger partial charge in [0.25, 0.3) is 0 Å². The molecule has 2 rings (SSSR count). The molecule has 1 aromatic heterocycles. The van der Waals surface area contributed by atoms with Crippen molar-refractivity contribution < 1.29 is 9.90 Å². The number of carboxylic acid groups (broad SMARTS) is 1. The Balaban J connectivity index is 2.29. The molecule has 0 aliphatic heterocycles. The van der Waals surface area contributed by atoms with Crippen LogP contribution in [0.1, 0.15) is 17.7 Å². The zero-order valence-corrected chi connectivity index (χ0v) is 12.8. The highest BCUT2D eigenvalue weighted by atomic mass is 35.5. The number of benzene rings is 1. The van der Waals surface area contributed by atoms with Gasteiger partial charge in [0, 0.05) is 13.0 Å². The molecule has 0 spiro atoms. The summed E-state index contributed by atoms with van der Waals surface area (Å²) in [4.78, 5) is 11.8. The van der Waals surface area contributed by atoms with E-state index in [4.69, 9.17) is 11.6 Å². The smallest absolute Gasteiger partial charge is 0.328 e. The first-order valence-electron chi connectivity index (χ1n) is 6.67. The average Bonchev–Trinajstić information content (AvgIpc) is 2.81. The van der Waals surface area contributed by atoms with Crippen LogP contribution in [0, 0.1) is 6.92 Å². The third-order valence-corrected chi connectivity index (χ3v) is 4.17. The number of aryl methyl sites for hydroxylation is 1. The number of halogens is 1. The summed E-state index contributed by atoms with van der Waals surface area (Å²) in [6, 6.07) is 9.16. The lowest BCUT2D eigenvalue weighted by molar-refractivity contribution is -0.145. The molecule has 0 amide bonds. The van der Waals surface area contributed by atoms with Crippen molar-refractivity contribution in [2.24, 2.45) is 0 Å². The van der Waals surface area contributed by atoms with E-state index in [1.807, 2.05) is 37.3 Å². The zero-order valence-electron chi connectivity index (χ0n) is 12.0. The number of hydrogen-bond acceptors (Lipinski definition) is 3. The molecular weight excluding hydrogens is 290 g/mol. The van der Waals surface area contributed by atoms with E-state index in [1.54, 1.807) is 17.9 Å². The zero-order chi connectivity index (χ0) is 15.5. The van der Waals surface area contributed by atoms with Crippen LogP contribution in [0.3, 0.4) is 0 Å². The number of likely N-dealkylation sites (N-methyl/N-ethyl adjacent to an activating group) is 1. The molecule has 2 aromatic rings. The minimum absolute atomic E-state index is 0.363. The standard InChI is InChI=1S/C15H18ClN3O2/c1-11-13(16)10-18-19(11)9-8-15(17-2,14(20)21)12-6-4-3-5-7-12/h3-7,10,17H,8-9H2,1-2H3,(H,20,21). The Kier molecular flexibility index (Phi) is 4.65. The molecule has 0 aliphatic rings. The van der Waals surface area contributed by atoms with Crippen LogP contribution < -0.4 is 5.32 Å². The Morgan fingerprint density at radius 3 is 2.57 bits per heavy atom. The fraction of sp³-hybridized carbons (Fsp3) is 0.333. The number of carboxylic acids is 1. The lowest BCUT2D eigenvalue weighted by atomic mass is 9.86. The van der Waals surface area contributed by atoms with Gasteiger partial charge in [-0.25, -0.2) is 4.79 Å². The molecule has 2 N–H and O–H groups in total. The first-order chi connectivity index (χ1) is 10.0. The van der Waals surface area contributed by atoms with Crippen LogP contribution in [0.4, 0.5) is 0 Å². The summed E-state index contributed by atoms with van der Waals surface area (Å²) in [5, 5.41) is 17.4. The van der Waals surface area contributed by atoms with Crippen molar-refractivity contribution in [3.8, 4) is 0 Å². The van der Waals surface area contributed by atoms with Crippen LogP contribution in [0.15, 0.2) is 36.5 Å². The molecule has 0 aliphatic carbocycles. The van der Waals surface area contributed by atoms with Gasteiger partial charge in [-0.2, -0.15) is 5.10 Å². The third-order valence-electron chi connectivity index (χ3n) is 3.80. The Labute approximate surface area is 128 Å². The molecule has 21 heavy (non-hydrogen) atoms. The summed E-state index contributed by atoms with van der Waals surface area (Å²) in [6.07, 6.45) is 1.93. The minimum Gasteiger partial charge on any atom is -0.480 e. The van der Waals surface area contributed by atoms with Gasteiger partial charge in [0.05, 0.1) is 16.9 Å². The summed E-state index contributed by atoms with van der Waals surface area (Å²) in [5.41, 5.74) is 0.405. The molecule has 1 aromatic carbocycles. The number of carbonyl (C=O) groups is 1. The van der Waals surface area contributed by atoms with Gasteiger partial charge in [0.15, 0.2) is 0 Å². The predicted octanol–water partition coefficient (Wildman–Crippen LogP) is 2.43. The van der Waals surface area contributed by atoms with Crippen LogP contribution >= 0.6 is 11.6 Å². The molecule has 1 heterocycles. The maximum Gasteiger partial charge on any atom is 0.328 e. The molecule has 1 unspecified atom stereocenters. The number of hydrogen-bond donors (Lipinski definition) is 2. The number of aromatic nitrogens is 2. The fourth-order valence-electron chi connectivity index (χ4n) is 2.40. The predicted molar refractivity (Wildman–Crippen MR) is 81.4 cm³/mol. The van der Waals surface area contributed by atoms with Gasteiger partial charge >= 0.3 is 5.97 Å². The SMILES string of the molecule is CNC(CCn1ncc(Cl)c1C)(C(=O)O)c1ccccc1. The second-order valence-electron chi connectivity index (χ2n) is 4.88. The van der Waals surface area contributed by atoms with E-state index in [9.17, 15) is 9.90 Å². The minimum atomic E-state index is -1.15. The molecule has 6 heteroatoms. The number of nitrogens with zero attached hydrogens (tertiary/aromatic N) is 2. The molecule has 0 saturated carbocycles. The Morgan fingerprint density at radius 2 is 2.10 bits per heavy atom. The second kappa shape index (κ2) is 6.28. The molecule has 0 saturated heterocycles. The molecular formula is C15H18ClN3O2. The summed E-state index contributed by atoms with van der Waals surface area (Å²) in [6.45, 7) is 2.32. The van der Waals surface area contributed by atoms with Crippen LogP contribution in [-0.4, -0.2) is 27.9 Å². The van der Waals surface area contributed by atoms with Gasteiger partial charge in [0.2, 0.25) is 0 Å². The van der Waals surface area contributed by atoms with Crippen molar-refractivity contribution in [1.29, 1.82) is 0 Å². The number of rotatable bonds is 6. The lowest BCUT2D eigenvalue weighted by Gasteiger charge is -2.29. The van der Waals surface area contributed by atoms with Gasteiger partial charge in [-0.1, -0.05) is 41.9 Å². The van der Waals surface area contributed by atoms with E-state index in [0.717, 1.165) is 11.3 Å². The van der Waals surface area contributed by atoms with Crippen LogP contribution in [0.2, 0.25) is 5.02 Å². The van der Waals surface area contributed by atoms with Gasteiger partial charge in [0.1, 0.15) is 5.54 Å². The fourth-order valence-corrected chi connectivity index (χ4v) is 2.54. The molecule has 5 nitrogen and oxygen atoms in total. The van der Waals surface area contributed by atoms with Crippen molar-refractivity contribution in [1.82, 2.24) is 15.1 Å². The third kappa shape index (κ3) is 2.94. The maximum absolute atomic E-state index is 11.8. The van der Waals surface area contributed by atoms with Crippen molar-refractivity contribution in [3.63, 3.8) is 0 Å². The van der Waals surface area contributed by atoms with Crippen molar-refractivity contribution in [3.05, 3.63) is 52.8 Å². The summed E-state index contributed by atoms with van der Waals surface area (Å²) >= 11 is 5.98. The maximum atomic E-state index is 11.8. The van der Waals surface area contributed by atoms with E-state index < -0.39 is 11.5 Å². The normalized spacial score (nSPS) is 13.9. The van der Waals surface area contributed by atoms with Gasteiger partial charge in [-0.05, 0) is 19.5 Å². The van der Waals surface area contributed by atoms with Crippen LogP contribution in [0.5, 0.6) is 0 Å². The first-order valence-corrected chi connectivity index (χ1v) is 7.05. The Hall–Kier alpha value is -1.85. The van der Waals surface area contributed by atoms with E-state index in [-0.39, 0.29) is 0 Å². The quantitative estimate of drug-likeness (QED) is 0.860. The van der Waals surface area contributed by atoms with Crippen LogP contribution in [0.25, 0.3) is 0 Å². The van der Waals surface area contributed by atoms with Gasteiger partial charge in [-0.3, -0.25) is 4.68 Å². The monoisotopic (exact) mass is 307 g/mol. The Bertz CT molecular complexity index is 627. The number of aliphatic carboxylic acids is 1. The number of nitrogens with one attached hydrogen (secondary N) is 1. The van der Waals surface area contributed by atoms with E-state index in [2.05, 4.69) is 10.4 Å². The highest BCUT2D eigenvalue weighted by molar-refractivity contribution is 6.31. The molecule has 0 fully saturated rings. The Morgan fingerprint density at radius 1 is 1.43 bits per heavy atom. The van der Waals surface area contributed by atoms with Crippen LogP contribution in [-0.2, 0) is 16.9 Å². The largest absolute Gasteiger partial charge is 0.480 e. The lowest BCUT2D eigenvalue weighted by Crippen LogP contribution is -2.48. The van der Waals surface area contributed by atoms with E-state index in [1.165, 1.54) is 0 Å². The molecule has 112 valence electrons. The molecule has 1 atom stereocenters. The van der Waals surface area contributed by atoms with Crippen molar-refractivity contribution in [2.75, 3.05) is 7.05 Å². The highest BCUT2D eigenvalue weighted by Gasteiger charge is 2.38. The van der Waals surface area contributed by atoms with E-state index in [0.29, 0.717) is 18.0 Å². The van der Waals surface area contributed by atoms with Crippen molar-refractivity contribution >= 4 is 17.6 Å². The second-order valence-corrected chi connectivity index (χ2v) is 5.28. The van der Waals surface area contributed by atoms with Gasteiger partial charge in [-0.15, -0.1) is 0 Å². The average molecular weight is 308 g/mol.